The Hall–Kier alpha value is -3.03. The number of aryl methyl sites for hydroxylation is 1. The Balaban J connectivity index is 1.84. The molecule has 1 aromatic heterocycles. The molecule has 1 aliphatic carbocycles. The van der Waals surface area contributed by atoms with Gasteiger partial charge in [0.15, 0.2) is 29.1 Å². The molecule has 0 radical (unpaired) electrons. The van der Waals surface area contributed by atoms with Gasteiger partial charge in [0.25, 0.3) is 0 Å². The lowest BCUT2D eigenvalue weighted by Crippen LogP contribution is -2.18. The number of hydrogen-bond acceptors (Lipinski definition) is 3. The summed E-state index contributed by atoms with van der Waals surface area (Å²) < 4.78 is 68.2. The van der Waals surface area contributed by atoms with E-state index in [4.69, 9.17) is 0 Å². The average Bonchev–Trinajstić information content (AvgIpc) is 2.70. The van der Waals surface area contributed by atoms with Gasteiger partial charge in [-0.25, -0.2) is 22.0 Å². The lowest BCUT2D eigenvalue weighted by atomic mass is 9.91. The molecule has 0 atom stereocenters. The topological polar surface area (TPSA) is 42.0 Å². The summed E-state index contributed by atoms with van der Waals surface area (Å²) in [5.41, 5.74) is 0.711. The quantitative estimate of drug-likeness (QED) is 0.385. The number of Topliss-reactive ketones (excluding diaryl/α,β-unsaturated/α-hetero) is 1. The van der Waals surface area contributed by atoms with Gasteiger partial charge in [-0.2, -0.15) is 0 Å². The van der Waals surface area contributed by atoms with Crippen molar-refractivity contribution in [3.63, 3.8) is 0 Å². The van der Waals surface area contributed by atoms with E-state index in [9.17, 15) is 26.7 Å². The zero-order valence-corrected chi connectivity index (χ0v) is 14.4. The van der Waals surface area contributed by atoms with E-state index in [1.54, 1.807) is 24.3 Å². The van der Waals surface area contributed by atoms with E-state index < -0.39 is 41.2 Å². The Morgan fingerprint density at radius 2 is 1.54 bits per heavy atom. The van der Waals surface area contributed by atoms with Gasteiger partial charge in [0, 0.05) is 23.9 Å². The van der Waals surface area contributed by atoms with Crippen molar-refractivity contribution in [2.45, 2.75) is 25.8 Å². The summed E-state index contributed by atoms with van der Waals surface area (Å²) in [6, 6.07) is 6.84. The lowest BCUT2D eigenvalue weighted by Gasteiger charge is -2.21. The van der Waals surface area contributed by atoms with Crippen LogP contribution in [0.2, 0.25) is 0 Å². The molecule has 0 aliphatic heterocycles. The number of nitrogens with one attached hydrogen (secondary N) is 1. The molecular formula is C20H13F5N2O. The first kappa shape index (κ1) is 18.3. The summed E-state index contributed by atoms with van der Waals surface area (Å²) in [6.07, 6.45) is 1.49. The van der Waals surface area contributed by atoms with Crippen LogP contribution in [-0.2, 0) is 13.0 Å². The van der Waals surface area contributed by atoms with E-state index in [-0.39, 0.29) is 11.5 Å². The van der Waals surface area contributed by atoms with Crippen LogP contribution in [-0.4, -0.2) is 10.8 Å². The minimum atomic E-state index is -2.21. The number of fused-ring (bicyclic) bond motifs is 2. The standard InChI is InChI=1S/C20H13F5N2O/c21-15-10(16(22)18(24)19(25)17(15)23)8-26-20-9-4-1-2-5-11(9)27-12-6-3-7-13(28)14(12)20/h1-2,4-5H,3,6-8H2,(H,26,27). The Bertz CT molecular complexity index is 1100. The molecule has 0 amide bonds. The van der Waals surface area contributed by atoms with Crippen molar-refractivity contribution in [3.05, 3.63) is 70.2 Å². The van der Waals surface area contributed by atoms with Crippen molar-refractivity contribution in [2.75, 3.05) is 5.32 Å². The number of aromatic nitrogens is 1. The van der Waals surface area contributed by atoms with Gasteiger partial charge in [0.1, 0.15) is 0 Å². The molecule has 4 rings (SSSR count). The third-order valence-electron chi connectivity index (χ3n) is 4.81. The number of benzene rings is 2. The number of halogens is 5. The average molecular weight is 392 g/mol. The molecule has 0 fully saturated rings. The van der Waals surface area contributed by atoms with Gasteiger partial charge in [-0.15, -0.1) is 0 Å². The van der Waals surface area contributed by atoms with E-state index in [0.717, 1.165) is 0 Å². The molecule has 0 saturated carbocycles. The molecule has 1 N–H and O–H groups in total. The molecule has 2 aromatic carbocycles. The smallest absolute Gasteiger partial charge is 0.200 e. The van der Waals surface area contributed by atoms with Crippen LogP contribution in [0.4, 0.5) is 27.6 Å². The van der Waals surface area contributed by atoms with Crippen molar-refractivity contribution >= 4 is 22.4 Å². The lowest BCUT2D eigenvalue weighted by molar-refractivity contribution is 0.0972. The number of rotatable bonds is 3. The third-order valence-corrected chi connectivity index (χ3v) is 4.81. The number of pyridine rings is 1. The summed E-state index contributed by atoms with van der Waals surface area (Å²) in [7, 11) is 0. The van der Waals surface area contributed by atoms with Crippen molar-refractivity contribution in [1.82, 2.24) is 4.98 Å². The fourth-order valence-corrected chi connectivity index (χ4v) is 3.45. The monoisotopic (exact) mass is 392 g/mol. The van der Waals surface area contributed by atoms with Crippen molar-refractivity contribution < 1.29 is 26.7 Å². The summed E-state index contributed by atoms with van der Waals surface area (Å²) in [5, 5.41) is 3.25. The van der Waals surface area contributed by atoms with E-state index in [0.29, 0.717) is 41.4 Å². The second-order valence-electron chi connectivity index (χ2n) is 6.50. The first-order chi connectivity index (χ1) is 13.4. The third kappa shape index (κ3) is 2.80. The van der Waals surface area contributed by atoms with E-state index in [1.165, 1.54) is 0 Å². The van der Waals surface area contributed by atoms with Gasteiger partial charge >= 0.3 is 0 Å². The van der Waals surface area contributed by atoms with Crippen LogP contribution < -0.4 is 5.32 Å². The summed E-state index contributed by atoms with van der Waals surface area (Å²) in [5.74, 6) is -10.2. The van der Waals surface area contributed by atoms with Gasteiger partial charge in [-0.1, -0.05) is 18.2 Å². The molecule has 1 aliphatic rings. The highest BCUT2D eigenvalue weighted by Crippen LogP contribution is 2.34. The molecule has 8 heteroatoms. The number of carbonyl (C=O) groups is 1. The minimum Gasteiger partial charge on any atom is -0.380 e. The van der Waals surface area contributed by atoms with Crippen LogP contribution in [0.1, 0.15) is 34.5 Å². The van der Waals surface area contributed by atoms with Gasteiger partial charge in [-0.3, -0.25) is 9.78 Å². The molecule has 0 saturated heterocycles. The second-order valence-corrected chi connectivity index (χ2v) is 6.50. The number of nitrogens with zero attached hydrogens (tertiary/aromatic N) is 1. The molecule has 28 heavy (non-hydrogen) atoms. The Morgan fingerprint density at radius 1 is 0.893 bits per heavy atom. The highest BCUT2D eigenvalue weighted by molar-refractivity contribution is 6.09. The highest BCUT2D eigenvalue weighted by Gasteiger charge is 2.27. The van der Waals surface area contributed by atoms with Crippen LogP contribution >= 0.6 is 0 Å². The van der Waals surface area contributed by atoms with Gasteiger partial charge in [0.2, 0.25) is 5.82 Å². The molecule has 1 heterocycles. The predicted molar refractivity (Wildman–Crippen MR) is 92.6 cm³/mol. The summed E-state index contributed by atoms with van der Waals surface area (Å²) in [6.45, 7) is -0.681. The second kappa shape index (κ2) is 6.85. The zero-order valence-electron chi connectivity index (χ0n) is 14.4. The predicted octanol–water partition coefficient (Wildman–Crippen LogP) is 5.06. The Labute approximate surface area is 156 Å². The Morgan fingerprint density at radius 3 is 2.25 bits per heavy atom. The van der Waals surface area contributed by atoms with Crippen LogP contribution in [0.15, 0.2) is 24.3 Å². The zero-order chi connectivity index (χ0) is 20.0. The molecule has 0 bridgehead atoms. The number of hydrogen-bond donors (Lipinski definition) is 1. The van der Waals surface area contributed by atoms with Gasteiger partial charge in [0.05, 0.1) is 22.5 Å². The maximum Gasteiger partial charge on any atom is 0.200 e. The fraction of sp³-hybridized carbons (Fsp3) is 0.200. The van der Waals surface area contributed by atoms with Crippen molar-refractivity contribution in [2.24, 2.45) is 0 Å². The van der Waals surface area contributed by atoms with Crippen LogP contribution in [0.25, 0.3) is 10.9 Å². The van der Waals surface area contributed by atoms with E-state index in [1.807, 2.05) is 0 Å². The molecule has 3 aromatic rings. The van der Waals surface area contributed by atoms with E-state index >= 15 is 0 Å². The number of ketones is 1. The molecule has 3 nitrogen and oxygen atoms in total. The largest absolute Gasteiger partial charge is 0.380 e. The van der Waals surface area contributed by atoms with E-state index in [2.05, 4.69) is 10.3 Å². The van der Waals surface area contributed by atoms with Crippen LogP contribution in [0, 0.1) is 29.1 Å². The summed E-state index contributed by atoms with van der Waals surface area (Å²) in [4.78, 5) is 16.9. The number of carbonyl (C=O) groups excluding carboxylic acids is 1. The van der Waals surface area contributed by atoms with Gasteiger partial charge < -0.3 is 5.32 Å². The fourth-order valence-electron chi connectivity index (χ4n) is 3.45. The highest BCUT2D eigenvalue weighted by atomic mass is 19.2. The molecular weight excluding hydrogens is 379 g/mol. The van der Waals surface area contributed by atoms with Crippen LogP contribution in [0.5, 0.6) is 0 Å². The minimum absolute atomic E-state index is 0.181. The van der Waals surface area contributed by atoms with Crippen molar-refractivity contribution in [1.29, 1.82) is 0 Å². The SMILES string of the molecule is O=C1CCCc2nc3ccccc3c(NCc3c(F)c(F)c(F)c(F)c3F)c21. The van der Waals surface area contributed by atoms with Gasteiger partial charge in [-0.05, 0) is 18.9 Å². The first-order valence-electron chi connectivity index (χ1n) is 8.59. The van der Waals surface area contributed by atoms with Crippen molar-refractivity contribution in [3.8, 4) is 0 Å². The number of para-hydroxylation sites is 1. The molecule has 144 valence electrons. The maximum atomic E-state index is 14.0. The Kier molecular flexibility index (Phi) is 4.49. The summed E-state index contributed by atoms with van der Waals surface area (Å²) >= 11 is 0. The normalized spacial score (nSPS) is 13.7. The number of anilines is 1. The molecule has 0 unspecified atom stereocenters. The first-order valence-corrected chi connectivity index (χ1v) is 8.59. The molecule has 0 spiro atoms. The maximum absolute atomic E-state index is 14.0. The van der Waals surface area contributed by atoms with Crippen LogP contribution in [0.3, 0.4) is 0 Å².